The van der Waals surface area contributed by atoms with Gasteiger partial charge in [0.25, 0.3) is 0 Å². The third kappa shape index (κ3) is 6.20. The average Bonchev–Trinajstić information content (AvgIpc) is 4.24. The zero-order chi connectivity index (χ0) is 40.2. The molecule has 0 spiro atoms. The molecule has 306 valence electrons. The first-order valence-electron chi connectivity index (χ1n) is 24.3. The standard InChI is InChI=1S/C59H59NO/c1-35-28-53(36-14-5-2-6-15-36)60-58(51-34-50(51)55(35)37-16-7-3-8-17-37)43-21-13-20-38(29-43)49-32-40-18-9-4-10-22-45(40)57-52-33-41(25-27-54(52)61-59(49)57)47-30-39-19-11-12-23-44(39)56-46(47)26-24-42-31-48(42)56/h3,7-8,11-13,16-17,19-21,23-29,32-33,36,40,42,45,47-48,50,55,57,59H,2,4-6,9-10,14-15,18,22,30-31,34H2,1H3/b35-28-,58-51+,60-53+/t40?,42?,45?,47-,48?,50?,55?,57?,59?/m1/s1. The fourth-order valence-corrected chi connectivity index (χ4v) is 13.9. The molecule has 9 aliphatic rings. The van der Waals surface area contributed by atoms with E-state index in [2.05, 4.69) is 128 Å². The predicted molar refractivity (Wildman–Crippen MR) is 251 cm³/mol. The Hall–Kier alpha value is -4.95. The van der Waals surface area contributed by atoms with E-state index in [0.717, 1.165) is 24.5 Å². The van der Waals surface area contributed by atoms with Crippen molar-refractivity contribution >= 4 is 22.6 Å². The van der Waals surface area contributed by atoms with Crippen LogP contribution in [-0.2, 0) is 6.42 Å². The van der Waals surface area contributed by atoms with Crippen LogP contribution in [0.1, 0.15) is 141 Å². The lowest BCUT2D eigenvalue weighted by molar-refractivity contribution is 0.186. The van der Waals surface area contributed by atoms with Crippen LogP contribution in [0.4, 0.5) is 0 Å². The predicted octanol–water partition coefficient (Wildman–Crippen LogP) is 14.6. The molecular formula is C59H59NO. The Morgan fingerprint density at radius 2 is 1.51 bits per heavy atom. The summed E-state index contributed by atoms with van der Waals surface area (Å²) in [7, 11) is 0. The van der Waals surface area contributed by atoms with Crippen molar-refractivity contribution in [3.05, 3.63) is 177 Å². The van der Waals surface area contributed by atoms with Crippen molar-refractivity contribution in [2.24, 2.45) is 40.5 Å². The van der Waals surface area contributed by atoms with Gasteiger partial charge in [-0.3, -0.25) is 4.99 Å². The van der Waals surface area contributed by atoms with Gasteiger partial charge in [-0.2, -0.15) is 0 Å². The summed E-state index contributed by atoms with van der Waals surface area (Å²) in [4.78, 5) is 5.76. The molecule has 4 saturated carbocycles. The molecule has 2 heteroatoms. The maximum absolute atomic E-state index is 7.28. The topological polar surface area (TPSA) is 21.6 Å². The summed E-state index contributed by atoms with van der Waals surface area (Å²) in [6, 6.07) is 37.6. The first-order chi connectivity index (χ1) is 30.1. The second-order valence-corrected chi connectivity index (χ2v) is 20.5. The molecule has 2 heterocycles. The first-order valence-corrected chi connectivity index (χ1v) is 24.3. The molecule has 0 bridgehead atoms. The molecule has 0 saturated heterocycles. The number of allylic oxidation sites excluding steroid dienone is 8. The molecule has 9 atom stereocenters. The smallest absolute Gasteiger partial charge is 0.131 e. The van der Waals surface area contributed by atoms with Crippen LogP contribution in [-0.4, -0.2) is 11.8 Å². The van der Waals surface area contributed by atoms with E-state index >= 15 is 0 Å². The number of ether oxygens (including phenoxy) is 1. The Balaban J connectivity index is 0.886. The summed E-state index contributed by atoms with van der Waals surface area (Å²) in [6.45, 7) is 2.38. The Kier molecular flexibility index (Phi) is 8.76. The minimum absolute atomic E-state index is 0.0431. The van der Waals surface area contributed by atoms with Gasteiger partial charge in [-0.15, -0.1) is 0 Å². The van der Waals surface area contributed by atoms with E-state index in [4.69, 9.17) is 9.73 Å². The Morgan fingerprint density at radius 3 is 2.41 bits per heavy atom. The van der Waals surface area contributed by atoms with Crippen LogP contribution in [0, 0.1) is 35.5 Å². The molecule has 0 aromatic heterocycles. The fourth-order valence-electron chi connectivity index (χ4n) is 13.9. The molecule has 13 rings (SSSR count). The van der Waals surface area contributed by atoms with Crippen molar-refractivity contribution < 1.29 is 4.74 Å². The molecule has 61 heavy (non-hydrogen) atoms. The van der Waals surface area contributed by atoms with E-state index in [0.29, 0.717) is 47.3 Å². The minimum Gasteiger partial charge on any atom is -0.485 e. The molecule has 4 aromatic carbocycles. The van der Waals surface area contributed by atoms with Crippen LogP contribution >= 0.6 is 0 Å². The third-order valence-corrected chi connectivity index (χ3v) is 17.0. The number of nitrogens with zero attached hydrogens (tertiary/aromatic N) is 1. The molecule has 0 radical (unpaired) electrons. The van der Waals surface area contributed by atoms with Crippen LogP contribution in [0.2, 0.25) is 0 Å². The molecule has 0 N–H and O–H groups in total. The van der Waals surface area contributed by atoms with Crippen molar-refractivity contribution in [2.75, 3.05) is 0 Å². The van der Waals surface area contributed by atoms with E-state index < -0.39 is 0 Å². The van der Waals surface area contributed by atoms with Crippen LogP contribution < -0.4 is 4.74 Å². The number of aliphatic imine (C=N–C) groups is 1. The highest BCUT2D eigenvalue weighted by molar-refractivity contribution is 6.02. The van der Waals surface area contributed by atoms with Gasteiger partial charge >= 0.3 is 0 Å². The number of hydrogen-bond acceptors (Lipinski definition) is 2. The number of hydrogen-bond donors (Lipinski definition) is 0. The number of rotatable bonds is 5. The van der Waals surface area contributed by atoms with Gasteiger partial charge in [-0.05, 0) is 150 Å². The summed E-state index contributed by atoms with van der Waals surface area (Å²) >= 11 is 0. The highest BCUT2D eigenvalue weighted by Crippen LogP contribution is 2.60. The molecule has 4 fully saturated rings. The van der Waals surface area contributed by atoms with E-state index in [1.165, 1.54) is 132 Å². The van der Waals surface area contributed by atoms with E-state index in [1.54, 1.807) is 16.7 Å². The van der Waals surface area contributed by atoms with Gasteiger partial charge in [0.1, 0.15) is 11.9 Å². The van der Waals surface area contributed by atoms with Crippen molar-refractivity contribution in [2.45, 2.75) is 114 Å². The van der Waals surface area contributed by atoms with Gasteiger partial charge in [-0.1, -0.05) is 147 Å². The van der Waals surface area contributed by atoms with Crippen molar-refractivity contribution in [3.8, 4) is 5.75 Å². The monoisotopic (exact) mass is 797 g/mol. The number of fused-ring (bicyclic) bond motifs is 10. The van der Waals surface area contributed by atoms with Gasteiger partial charge in [0.2, 0.25) is 0 Å². The quantitative estimate of drug-likeness (QED) is 0.197. The summed E-state index contributed by atoms with van der Waals surface area (Å²) in [5.74, 6) is 6.03. The third-order valence-electron chi connectivity index (χ3n) is 17.0. The Bertz CT molecular complexity index is 2620. The Morgan fingerprint density at radius 1 is 0.689 bits per heavy atom. The van der Waals surface area contributed by atoms with Gasteiger partial charge in [0.05, 0.1) is 5.70 Å². The van der Waals surface area contributed by atoms with Gasteiger partial charge < -0.3 is 4.74 Å². The van der Waals surface area contributed by atoms with Gasteiger partial charge in [0.15, 0.2) is 0 Å². The molecule has 2 aliphatic heterocycles. The van der Waals surface area contributed by atoms with Crippen LogP contribution in [0.25, 0.3) is 16.8 Å². The maximum Gasteiger partial charge on any atom is 0.131 e. The molecule has 7 aliphatic carbocycles. The van der Waals surface area contributed by atoms with E-state index in [1.807, 2.05) is 0 Å². The molecule has 8 unspecified atom stereocenters. The largest absolute Gasteiger partial charge is 0.485 e. The molecular weight excluding hydrogens is 739 g/mol. The van der Waals surface area contributed by atoms with Crippen LogP contribution in [0.3, 0.4) is 0 Å². The van der Waals surface area contributed by atoms with Gasteiger partial charge in [0, 0.05) is 40.5 Å². The second-order valence-electron chi connectivity index (χ2n) is 20.5. The first kappa shape index (κ1) is 36.7. The maximum atomic E-state index is 7.28. The van der Waals surface area contributed by atoms with E-state index in [9.17, 15) is 0 Å². The van der Waals surface area contributed by atoms with Crippen molar-refractivity contribution in [1.82, 2.24) is 0 Å². The summed E-state index contributed by atoms with van der Waals surface area (Å²) in [5.41, 5.74) is 20.4. The summed E-state index contributed by atoms with van der Waals surface area (Å²) < 4.78 is 7.28. The minimum atomic E-state index is 0.0431. The normalized spacial score (nSPS) is 35.0. The molecule has 0 amide bonds. The SMILES string of the molecule is C/C1=C/C(C2CCCCC2)=N\C(c2cccc(C3=CC4CCCCCC4C4c5cc([C@H]6Cc7ccccc7C7=C6C=CC6CC76)ccc5OC34)c2)=C2/CC2C1c1ccccc1. The lowest BCUT2D eigenvalue weighted by Gasteiger charge is -2.38. The molecule has 2 nitrogen and oxygen atoms in total. The zero-order valence-electron chi connectivity index (χ0n) is 35.9. The summed E-state index contributed by atoms with van der Waals surface area (Å²) in [6.07, 6.45) is 26.9. The lowest BCUT2D eigenvalue weighted by Crippen LogP contribution is -2.34. The van der Waals surface area contributed by atoms with Crippen LogP contribution in [0.15, 0.2) is 143 Å². The second kappa shape index (κ2) is 14.6. The van der Waals surface area contributed by atoms with Crippen molar-refractivity contribution in [3.63, 3.8) is 0 Å². The molecule has 4 aromatic rings. The lowest BCUT2D eigenvalue weighted by atomic mass is 9.66. The summed E-state index contributed by atoms with van der Waals surface area (Å²) in [5, 5.41) is 0. The van der Waals surface area contributed by atoms with Gasteiger partial charge in [-0.25, -0.2) is 0 Å². The highest BCUT2D eigenvalue weighted by atomic mass is 16.5. The Labute approximate surface area is 363 Å². The average molecular weight is 798 g/mol. The van der Waals surface area contributed by atoms with Crippen molar-refractivity contribution in [1.29, 1.82) is 0 Å². The zero-order valence-corrected chi connectivity index (χ0v) is 35.9. The fraction of sp³-hybridized carbons (Fsp3) is 0.407. The van der Waals surface area contributed by atoms with E-state index in [-0.39, 0.29) is 6.10 Å². The highest BCUT2D eigenvalue weighted by Gasteiger charge is 2.49. The van der Waals surface area contributed by atoms with Crippen LogP contribution in [0.5, 0.6) is 5.75 Å². The number of benzene rings is 4.